The molecule has 0 unspecified atom stereocenters. The molecule has 1 amide bonds. The summed E-state index contributed by atoms with van der Waals surface area (Å²) >= 11 is 0. The molecule has 0 spiro atoms. The summed E-state index contributed by atoms with van der Waals surface area (Å²) in [6.45, 7) is 5.62. The van der Waals surface area contributed by atoms with E-state index in [-0.39, 0.29) is 12.5 Å². The molecule has 0 bridgehead atoms. The maximum atomic E-state index is 11.9. The number of amides is 1. The van der Waals surface area contributed by atoms with Crippen LogP contribution in [0.25, 0.3) is 0 Å². The molecule has 0 aliphatic heterocycles. The summed E-state index contributed by atoms with van der Waals surface area (Å²) in [6.07, 6.45) is 0. The molecule has 120 valence electrons. The van der Waals surface area contributed by atoms with Crippen molar-refractivity contribution in [2.75, 3.05) is 12.3 Å². The van der Waals surface area contributed by atoms with Crippen LogP contribution < -0.4 is 15.9 Å². The van der Waals surface area contributed by atoms with E-state index >= 15 is 0 Å². The molecule has 0 aliphatic rings. The van der Waals surface area contributed by atoms with Crippen molar-refractivity contribution < 1.29 is 9.53 Å². The molecule has 0 atom stereocenters. The molecule has 5 heteroatoms. The molecule has 0 aliphatic carbocycles. The van der Waals surface area contributed by atoms with Gasteiger partial charge in [-0.1, -0.05) is 30.3 Å². The fourth-order valence-electron chi connectivity index (χ4n) is 2.17. The van der Waals surface area contributed by atoms with Crippen molar-refractivity contribution in [3.63, 3.8) is 0 Å². The SMILES string of the molecule is C/C(=N\NC(=O)COc1c(C)cccc1C)c1cccc(N)c1. The number of para-hydroxylation sites is 1. The van der Waals surface area contributed by atoms with Crippen molar-refractivity contribution in [3.05, 3.63) is 59.2 Å². The number of rotatable bonds is 5. The first-order valence-corrected chi connectivity index (χ1v) is 7.35. The smallest absolute Gasteiger partial charge is 0.277 e. The van der Waals surface area contributed by atoms with Gasteiger partial charge in [0.05, 0.1) is 5.71 Å². The Balaban J connectivity index is 1.94. The molecule has 23 heavy (non-hydrogen) atoms. The van der Waals surface area contributed by atoms with E-state index in [4.69, 9.17) is 10.5 Å². The minimum absolute atomic E-state index is 0.0839. The molecule has 5 nitrogen and oxygen atoms in total. The van der Waals surface area contributed by atoms with Crippen molar-refractivity contribution in [1.29, 1.82) is 0 Å². The van der Waals surface area contributed by atoms with Crippen LogP contribution in [0.15, 0.2) is 47.6 Å². The minimum atomic E-state index is -0.309. The zero-order chi connectivity index (χ0) is 16.8. The second kappa shape index (κ2) is 7.45. The van der Waals surface area contributed by atoms with Gasteiger partial charge in [0.25, 0.3) is 5.91 Å². The van der Waals surface area contributed by atoms with E-state index in [2.05, 4.69) is 10.5 Å². The zero-order valence-corrected chi connectivity index (χ0v) is 13.6. The second-order valence-electron chi connectivity index (χ2n) is 5.37. The molecule has 0 aromatic heterocycles. The van der Waals surface area contributed by atoms with Gasteiger partial charge in [-0.05, 0) is 49.6 Å². The third-order valence-corrected chi connectivity index (χ3v) is 3.41. The lowest BCUT2D eigenvalue weighted by molar-refractivity contribution is -0.123. The van der Waals surface area contributed by atoms with Crippen LogP contribution in [0.2, 0.25) is 0 Å². The highest BCUT2D eigenvalue weighted by Gasteiger charge is 2.07. The number of ether oxygens (including phenoxy) is 1. The van der Waals surface area contributed by atoms with Crippen LogP contribution in [0.3, 0.4) is 0 Å². The van der Waals surface area contributed by atoms with E-state index in [1.807, 2.05) is 44.2 Å². The number of anilines is 1. The molecular formula is C18H21N3O2. The Kier molecular flexibility index (Phi) is 5.36. The first kappa shape index (κ1) is 16.5. The highest BCUT2D eigenvalue weighted by Crippen LogP contribution is 2.21. The summed E-state index contributed by atoms with van der Waals surface area (Å²) in [5, 5.41) is 4.07. The van der Waals surface area contributed by atoms with E-state index < -0.39 is 0 Å². The third-order valence-electron chi connectivity index (χ3n) is 3.41. The third kappa shape index (κ3) is 4.57. The number of nitrogens with zero attached hydrogens (tertiary/aromatic N) is 1. The zero-order valence-electron chi connectivity index (χ0n) is 13.6. The van der Waals surface area contributed by atoms with Crippen molar-refractivity contribution in [1.82, 2.24) is 5.43 Å². The van der Waals surface area contributed by atoms with Crippen molar-refractivity contribution in [2.24, 2.45) is 5.10 Å². The van der Waals surface area contributed by atoms with Gasteiger partial charge in [0.2, 0.25) is 0 Å². The Hall–Kier alpha value is -2.82. The molecule has 0 fully saturated rings. The Labute approximate surface area is 136 Å². The van der Waals surface area contributed by atoms with Gasteiger partial charge >= 0.3 is 0 Å². The molecule has 0 saturated heterocycles. The molecule has 2 aromatic carbocycles. The molecular weight excluding hydrogens is 290 g/mol. The number of aryl methyl sites for hydroxylation is 2. The minimum Gasteiger partial charge on any atom is -0.483 e. The van der Waals surface area contributed by atoms with Crippen LogP contribution in [0.5, 0.6) is 5.75 Å². The van der Waals surface area contributed by atoms with Crippen molar-refractivity contribution in [2.45, 2.75) is 20.8 Å². The predicted molar refractivity (Wildman–Crippen MR) is 92.6 cm³/mol. The van der Waals surface area contributed by atoms with Gasteiger partial charge in [-0.15, -0.1) is 0 Å². The van der Waals surface area contributed by atoms with Crippen LogP contribution in [0, 0.1) is 13.8 Å². The van der Waals surface area contributed by atoms with Gasteiger partial charge in [-0.2, -0.15) is 5.10 Å². The normalized spacial score (nSPS) is 11.2. The van der Waals surface area contributed by atoms with E-state index in [1.54, 1.807) is 19.1 Å². The van der Waals surface area contributed by atoms with Crippen LogP contribution in [0.4, 0.5) is 5.69 Å². The Morgan fingerprint density at radius 3 is 2.48 bits per heavy atom. The highest BCUT2D eigenvalue weighted by atomic mass is 16.5. The molecule has 2 aromatic rings. The van der Waals surface area contributed by atoms with Crippen molar-refractivity contribution >= 4 is 17.3 Å². The van der Waals surface area contributed by atoms with Gasteiger partial charge in [0, 0.05) is 5.69 Å². The topological polar surface area (TPSA) is 76.7 Å². The number of carbonyl (C=O) groups excluding carboxylic acids is 1. The first-order chi connectivity index (χ1) is 11.0. The fraction of sp³-hybridized carbons (Fsp3) is 0.222. The predicted octanol–water partition coefficient (Wildman–Crippen LogP) is 2.80. The highest BCUT2D eigenvalue weighted by molar-refractivity contribution is 5.99. The lowest BCUT2D eigenvalue weighted by Crippen LogP contribution is -2.26. The monoisotopic (exact) mass is 311 g/mol. The van der Waals surface area contributed by atoms with Gasteiger partial charge in [-0.3, -0.25) is 4.79 Å². The van der Waals surface area contributed by atoms with E-state index in [0.717, 1.165) is 22.4 Å². The van der Waals surface area contributed by atoms with Gasteiger partial charge in [0.15, 0.2) is 6.61 Å². The van der Waals surface area contributed by atoms with Crippen LogP contribution >= 0.6 is 0 Å². The average molecular weight is 311 g/mol. The first-order valence-electron chi connectivity index (χ1n) is 7.35. The van der Waals surface area contributed by atoms with Crippen LogP contribution in [0.1, 0.15) is 23.6 Å². The van der Waals surface area contributed by atoms with Crippen LogP contribution in [-0.2, 0) is 4.79 Å². The van der Waals surface area contributed by atoms with Gasteiger partial charge in [-0.25, -0.2) is 5.43 Å². The summed E-state index contributed by atoms with van der Waals surface area (Å²) in [4.78, 5) is 11.9. The number of nitrogens with one attached hydrogen (secondary N) is 1. The number of hydrogen-bond donors (Lipinski definition) is 2. The fourth-order valence-corrected chi connectivity index (χ4v) is 2.17. The number of hydrogen-bond acceptors (Lipinski definition) is 4. The lowest BCUT2D eigenvalue weighted by Gasteiger charge is -2.11. The van der Waals surface area contributed by atoms with Crippen LogP contribution in [-0.4, -0.2) is 18.2 Å². The Morgan fingerprint density at radius 1 is 1.17 bits per heavy atom. The number of benzene rings is 2. The number of nitrogens with two attached hydrogens (primary N) is 1. The number of hydrazone groups is 1. The standard InChI is InChI=1S/C18H21N3O2/c1-12-6-4-7-13(2)18(12)23-11-17(22)21-20-14(3)15-8-5-9-16(19)10-15/h4-10H,11,19H2,1-3H3,(H,21,22)/b20-14+. The van der Waals surface area contributed by atoms with E-state index in [9.17, 15) is 4.79 Å². The molecule has 0 radical (unpaired) electrons. The maximum Gasteiger partial charge on any atom is 0.277 e. The summed E-state index contributed by atoms with van der Waals surface area (Å²) in [6, 6.07) is 13.2. The Bertz CT molecular complexity index is 719. The second-order valence-corrected chi connectivity index (χ2v) is 5.37. The largest absolute Gasteiger partial charge is 0.483 e. The summed E-state index contributed by atoms with van der Waals surface area (Å²) in [7, 11) is 0. The lowest BCUT2D eigenvalue weighted by atomic mass is 10.1. The average Bonchev–Trinajstić information content (AvgIpc) is 2.52. The van der Waals surface area contributed by atoms with E-state index in [0.29, 0.717) is 11.4 Å². The number of nitrogen functional groups attached to an aromatic ring is 1. The summed E-state index contributed by atoms with van der Waals surface area (Å²) in [5.74, 6) is 0.426. The Morgan fingerprint density at radius 2 is 1.83 bits per heavy atom. The summed E-state index contributed by atoms with van der Waals surface area (Å²) in [5.41, 5.74) is 12.4. The van der Waals surface area contributed by atoms with Crippen molar-refractivity contribution in [3.8, 4) is 5.75 Å². The number of carbonyl (C=O) groups is 1. The quantitative estimate of drug-likeness (QED) is 0.506. The summed E-state index contributed by atoms with van der Waals surface area (Å²) < 4.78 is 5.59. The molecule has 2 rings (SSSR count). The molecule has 0 saturated carbocycles. The molecule has 3 N–H and O–H groups in total. The van der Waals surface area contributed by atoms with E-state index in [1.165, 1.54) is 0 Å². The van der Waals surface area contributed by atoms with Gasteiger partial charge < -0.3 is 10.5 Å². The van der Waals surface area contributed by atoms with Gasteiger partial charge in [0.1, 0.15) is 5.75 Å². The maximum absolute atomic E-state index is 11.9. The molecule has 0 heterocycles.